The molecule has 1 heterocycles. The van der Waals surface area contributed by atoms with Crippen molar-refractivity contribution in [2.75, 3.05) is 38.2 Å². The SMILES string of the molecule is CCNC(=NCCNC(=O)Cc1ccc(F)cc1)Nc1ccc2c(c1)OCCCO2. The van der Waals surface area contributed by atoms with Crippen LogP contribution >= 0.6 is 0 Å². The van der Waals surface area contributed by atoms with E-state index in [2.05, 4.69) is 20.9 Å². The molecule has 0 saturated heterocycles. The average molecular weight is 414 g/mol. The second-order valence-electron chi connectivity index (χ2n) is 6.75. The lowest BCUT2D eigenvalue weighted by atomic mass is 10.1. The predicted octanol–water partition coefficient (Wildman–Crippen LogP) is 2.72. The Labute approximate surface area is 175 Å². The van der Waals surface area contributed by atoms with E-state index in [1.807, 2.05) is 25.1 Å². The Hall–Kier alpha value is -3.29. The summed E-state index contributed by atoms with van der Waals surface area (Å²) in [4.78, 5) is 16.5. The highest BCUT2D eigenvalue weighted by atomic mass is 19.1. The zero-order chi connectivity index (χ0) is 21.2. The van der Waals surface area contributed by atoms with Gasteiger partial charge in [0.15, 0.2) is 17.5 Å². The van der Waals surface area contributed by atoms with Crippen molar-refractivity contribution in [2.45, 2.75) is 19.8 Å². The lowest BCUT2D eigenvalue weighted by Gasteiger charge is -2.14. The Balaban J connectivity index is 1.50. The second kappa shape index (κ2) is 11.0. The lowest BCUT2D eigenvalue weighted by Crippen LogP contribution is -2.32. The molecule has 0 radical (unpaired) electrons. The maximum absolute atomic E-state index is 12.9. The number of guanidine groups is 1. The zero-order valence-corrected chi connectivity index (χ0v) is 17.0. The minimum Gasteiger partial charge on any atom is -0.490 e. The summed E-state index contributed by atoms with van der Waals surface area (Å²) in [5.41, 5.74) is 1.60. The van der Waals surface area contributed by atoms with Gasteiger partial charge in [-0.25, -0.2) is 4.39 Å². The fourth-order valence-corrected chi connectivity index (χ4v) is 2.90. The van der Waals surface area contributed by atoms with Crippen molar-refractivity contribution in [3.05, 3.63) is 53.8 Å². The number of ether oxygens (including phenoxy) is 2. The Kier molecular flexibility index (Phi) is 7.88. The Morgan fingerprint density at radius 1 is 1.07 bits per heavy atom. The molecule has 160 valence electrons. The molecule has 1 aliphatic rings. The Morgan fingerprint density at radius 2 is 1.83 bits per heavy atom. The minimum absolute atomic E-state index is 0.127. The molecule has 1 amide bonds. The third kappa shape index (κ3) is 6.65. The normalized spacial score (nSPS) is 13.3. The molecule has 0 saturated carbocycles. The number of nitrogens with zero attached hydrogens (tertiary/aromatic N) is 1. The number of hydrogen-bond donors (Lipinski definition) is 3. The number of rotatable bonds is 7. The van der Waals surface area contributed by atoms with Crippen molar-refractivity contribution < 1.29 is 18.7 Å². The molecule has 30 heavy (non-hydrogen) atoms. The van der Waals surface area contributed by atoms with Gasteiger partial charge in [0.2, 0.25) is 5.91 Å². The van der Waals surface area contributed by atoms with Crippen LogP contribution in [0.15, 0.2) is 47.5 Å². The first kappa shape index (κ1) is 21.4. The van der Waals surface area contributed by atoms with Gasteiger partial charge in [0.1, 0.15) is 5.82 Å². The van der Waals surface area contributed by atoms with Crippen LogP contribution in [0.25, 0.3) is 0 Å². The van der Waals surface area contributed by atoms with E-state index >= 15 is 0 Å². The topological polar surface area (TPSA) is 84.0 Å². The summed E-state index contributed by atoms with van der Waals surface area (Å²) in [7, 11) is 0. The molecule has 0 spiro atoms. The fourth-order valence-electron chi connectivity index (χ4n) is 2.90. The molecule has 8 heteroatoms. The third-order valence-electron chi connectivity index (χ3n) is 4.34. The van der Waals surface area contributed by atoms with Crippen molar-refractivity contribution >= 4 is 17.6 Å². The number of nitrogens with one attached hydrogen (secondary N) is 3. The summed E-state index contributed by atoms with van der Waals surface area (Å²) in [5, 5.41) is 9.24. The van der Waals surface area contributed by atoms with E-state index in [-0.39, 0.29) is 18.1 Å². The third-order valence-corrected chi connectivity index (χ3v) is 4.34. The Bertz CT molecular complexity index is 871. The van der Waals surface area contributed by atoms with Gasteiger partial charge in [0.25, 0.3) is 0 Å². The van der Waals surface area contributed by atoms with Crippen LogP contribution in [0.3, 0.4) is 0 Å². The minimum atomic E-state index is -0.314. The summed E-state index contributed by atoms with van der Waals surface area (Å²) < 4.78 is 24.3. The number of amides is 1. The highest BCUT2D eigenvalue weighted by Gasteiger charge is 2.11. The van der Waals surface area contributed by atoms with Crippen molar-refractivity contribution in [1.82, 2.24) is 10.6 Å². The molecule has 7 nitrogen and oxygen atoms in total. The summed E-state index contributed by atoms with van der Waals surface area (Å²) >= 11 is 0. The number of carbonyl (C=O) groups excluding carboxylic acids is 1. The summed E-state index contributed by atoms with van der Waals surface area (Å²) in [5.74, 6) is 1.62. The number of halogens is 1. The number of fused-ring (bicyclic) bond motifs is 1. The van der Waals surface area contributed by atoms with Gasteiger partial charge in [0, 0.05) is 31.3 Å². The van der Waals surface area contributed by atoms with Crippen molar-refractivity contribution in [3.8, 4) is 11.5 Å². The number of anilines is 1. The highest BCUT2D eigenvalue weighted by molar-refractivity contribution is 5.94. The van der Waals surface area contributed by atoms with E-state index in [9.17, 15) is 9.18 Å². The lowest BCUT2D eigenvalue weighted by molar-refractivity contribution is -0.120. The van der Waals surface area contributed by atoms with Crippen LogP contribution in [0.2, 0.25) is 0 Å². The van der Waals surface area contributed by atoms with Crippen LogP contribution in [0.1, 0.15) is 18.9 Å². The van der Waals surface area contributed by atoms with Gasteiger partial charge >= 0.3 is 0 Å². The molecule has 0 fully saturated rings. The van der Waals surface area contributed by atoms with Crippen LogP contribution in [-0.2, 0) is 11.2 Å². The molecule has 2 aromatic carbocycles. The monoisotopic (exact) mass is 414 g/mol. The van der Waals surface area contributed by atoms with Crippen LogP contribution in [0, 0.1) is 5.82 Å². The molecule has 0 aliphatic carbocycles. The van der Waals surface area contributed by atoms with E-state index < -0.39 is 0 Å². The van der Waals surface area contributed by atoms with E-state index in [0.717, 1.165) is 23.4 Å². The standard InChI is InChI=1S/C22H27FN4O3/c1-2-24-22(27-18-8-9-19-20(15-18)30-13-3-12-29-19)26-11-10-25-21(28)14-16-4-6-17(23)7-5-16/h4-9,15H,2-3,10-14H2,1H3,(H,25,28)(H2,24,26,27). The van der Waals surface area contributed by atoms with Crippen LogP contribution in [-0.4, -0.2) is 44.7 Å². The molecule has 0 atom stereocenters. The van der Waals surface area contributed by atoms with Gasteiger partial charge in [-0.05, 0) is 36.8 Å². The van der Waals surface area contributed by atoms with Gasteiger partial charge in [-0.15, -0.1) is 0 Å². The van der Waals surface area contributed by atoms with E-state index in [1.165, 1.54) is 12.1 Å². The van der Waals surface area contributed by atoms with E-state index in [1.54, 1.807) is 12.1 Å². The predicted molar refractivity (Wildman–Crippen MR) is 115 cm³/mol. The molecule has 0 unspecified atom stereocenters. The molecule has 2 aromatic rings. The van der Waals surface area contributed by atoms with E-state index in [4.69, 9.17) is 9.47 Å². The number of aliphatic imine (C=N–C) groups is 1. The van der Waals surface area contributed by atoms with Gasteiger partial charge < -0.3 is 25.4 Å². The maximum Gasteiger partial charge on any atom is 0.224 e. The van der Waals surface area contributed by atoms with Crippen LogP contribution in [0.4, 0.5) is 10.1 Å². The average Bonchev–Trinajstić information content (AvgIpc) is 2.98. The number of carbonyl (C=O) groups is 1. The van der Waals surface area contributed by atoms with Crippen molar-refractivity contribution in [1.29, 1.82) is 0 Å². The summed E-state index contributed by atoms with van der Waals surface area (Å²) in [6.45, 7) is 4.77. The summed E-state index contributed by atoms with van der Waals surface area (Å²) in [6, 6.07) is 11.6. The quantitative estimate of drug-likeness (QED) is 0.369. The van der Waals surface area contributed by atoms with Gasteiger partial charge in [-0.1, -0.05) is 12.1 Å². The van der Waals surface area contributed by atoms with Crippen LogP contribution in [0.5, 0.6) is 11.5 Å². The largest absolute Gasteiger partial charge is 0.490 e. The molecule has 0 bridgehead atoms. The van der Waals surface area contributed by atoms with Gasteiger partial charge in [-0.3, -0.25) is 9.79 Å². The van der Waals surface area contributed by atoms with E-state index in [0.29, 0.717) is 44.6 Å². The fraction of sp³-hybridized carbons (Fsp3) is 0.364. The van der Waals surface area contributed by atoms with Crippen LogP contribution < -0.4 is 25.4 Å². The number of benzene rings is 2. The second-order valence-corrected chi connectivity index (χ2v) is 6.75. The first-order valence-corrected chi connectivity index (χ1v) is 10.1. The first-order valence-electron chi connectivity index (χ1n) is 10.1. The van der Waals surface area contributed by atoms with Gasteiger partial charge in [-0.2, -0.15) is 0 Å². The van der Waals surface area contributed by atoms with Crippen molar-refractivity contribution in [3.63, 3.8) is 0 Å². The summed E-state index contributed by atoms with van der Waals surface area (Å²) in [6.07, 6.45) is 1.06. The molecule has 0 aromatic heterocycles. The van der Waals surface area contributed by atoms with Crippen molar-refractivity contribution in [2.24, 2.45) is 4.99 Å². The zero-order valence-electron chi connectivity index (χ0n) is 17.0. The highest BCUT2D eigenvalue weighted by Crippen LogP contribution is 2.32. The molecular formula is C22H27FN4O3. The molecule has 3 N–H and O–H groups in total. The first-order chi connectivity index (χ1) is 14.6. The Morgan fingerprint density at radius 3 is 2.60 bits per heavy atom. The molecule has 1 aliphatic heterocycles. The van der Waals surface area contributed by atoms with Gasteiger partial charge in [0.05, 0.1) is 26.2 Å². The molecular weight excluding hydrogens is 387 g/mol. The maximum atomic E-state index is 12.9. The number of hydrogen-bond acceptors (Lipinski definition) is 4. The molecule has 3 rings (SSSR count). The smallest absolute Gasteiger partial charge is 0.224 e.